The Kier molecular flexibility index (Phi) is 3.31. The van der Waals surface area contributed by atoms with Crippen LogP contribution in [0, 0.1) is 0 Å². The number of anilines is 1. The number of rotatable bonds is 2. The maximum atomic E-state index is 11.7. The van der Waals surface area contributed by atoms with Crippen LogP contribution in [0.1, 0.15) is 11.1 Å². The Morgan fingerprint density at radius 3 is 2.75 bits per heavy atom. The minimum atomic E-state index is -0.0994. The second kappa shape index (κ2) is 5.27. The molecule has 0 aromatic heterocycles. The van der Waals surface area contributed by atoms with Crippen LogP contribution in [0.3, 0.4) is 0 Å². The maximum absolute atomic E-state index is 11.7. The fourth-order valence-corrected chi connectivity index (χ4v) is 2.41. The van der Waals surface area contributed by atoms with Gasteiger partial charge < -0.3 is 11.1 Å². The Morgan fingerprint density at radius 2 is 1.90 bits per heavy atom. The van der Waals surface area contributed by atoms with E-state index in [1.165, 1.54) is 0 Å². The van der Waals surface area contributed by atoms with Crippen molar-refractivity contribution in [1.29, 1.82) is 0 Å². The second-order valence-corrected chi connectivity index (χ2v) is 4.65. The number of nitrogens with two attached hydrogens (primary N) is 1. The fourth-order valence-electron chi connectivity index (χ4n) is 2.41. The number of aliphatic imine (C=N–C) groups is 1. The van der Waals surface area contributed by atoms with E-state index >= 15 is 0 Å². The monoisotopic (exact) mass is 265 g/mol. The predicted molar refractivity (Wildman–Crippen MR) is 80.9 cm³/mol. The highest BCUT2D eigenvalue weighted by Crippen LogP contribution is 2.33. The van der Waals surface area contributed by atoms with Crippen LogP contribution in [0.25, 0.3) is 11.1 Å². The van der Waals surface area contributed by atoms with Crippen molar-refractivity contribution in [2.75, 3.05) is 11.9 Å². The van der Waals surface area contributed by atoms with Crippen molar-refractivity contribution in [3.63, 3.8) is 0 Å². The molecule has 0 unspecified atom stereocenters. The number of amides is 1. The van der Waals surface area contributed by atoms with Crippen LogP contribution in [0.5, 0.6) is 0 Å². The number of hydrogen-bond donors (Lipinski definition) is 2. The van der Waals surface area contributed by atoms with Crippen LogP contribution in [0.4, 0.5) is 5.69 Å². The summed E-state index contributed by atoms with van der Waals surface area (Å²) in [5.41, 5.74) is 10.6. The molecule has 0 saturated carbocycles. The molecule has 1 aliphatic rings. The van der Waals surface area contributed by atoms with Gasteiger partial charge in [-0.1, -0.05) is 42.5 Å². The third-order valence-electron chi connectivity index (χ3n) is 3.35. The average molecular weight is 265 g/mol. The zero-order chi connectivity index (χ0) is 13.9. The largest absolute Gasteiger partial charge is 0.326 e. The highest BCUT2D eigenvalue weighted by atomic mass is 16.1. The number of benzodiazepines with no additional fused rings is 1. The summed E-state index contributed by atoms with van der Waals surface area (Å²) in [6.45, 7) is 0.620. The number of fused-ring (bicyclic) bond motifs is 1. The topological polar surface area (TPSA) is 67.5 Å². The molecule has 1 aliphatic heterocycles. The molecule has 0 atom stereocenters. The molecule has 0 aliphatic carbocycles. The molecule has 2 aromatic carbocycles. The third kappa shape index (κ3) is 2.21. The normalized spacial score (nSPS) is 13.6. The summed E-state index contributed by atoms with van der Waals surface area (Å²) in [6.07, 6.45) is 1.74. The van der Waals surface area contributed by atoms with E-state index in [2.05, 4.69) is 10.3 Å². The van der Waals surface area contributed by atoms with Gasteiger partial charge in [-0.25, -0.2) is 0 Å². The summed E-state index contributed by atoms with van der Waals surface area (Å²) in [4.78, 5) is 15.8. The molecule has 1 heterocycles. The minimum Gasteiger partial charge on any atom is -0.326 e. The van der Waals surface area contributed by atoms with Gasteiger partial charge in [0.05, 0.1) is 5.69 Å². The molecular formula is C16H15N3O. The molecule has 3 N–H and O–H groups in total. The Balaban J connectivity index is 2.21. The summed E-state index contributed by atoms with van der Waals surface area (Å²) in [6, 6.07) is 13.9. The van der Waals surface area contributed by atoms with Crippen molar-refractivity contribution in [3.05, 3.63) is 53.6 Å². The molecule has 0 spiro atoms. The lowest BCUT2D eigenvalue weighted by Gasteiger charge is -2.14. The van der Waals surface area contributed by atoms with Crippen LogP contribution in [-0.4, -0.2) is 18.7 Å². The average Bonchev–Trinajstić information content (AvgIpc) is 2.67. The van der Waals surface area contributed by atoms with Crippen molar-refractivity contribution < 1.29 is 4.79 Å². The van der Waals surface area contributed by atoms with E-state index in [0.717, 1.165) is 27.9 Å². The van der Waals surface area contributed by atoms with Gasteiger partial charge in [-0.05, 0) is 11.1 Å². The van der Waals surface area contributed by atoms with Gasteiger partial charge in [0.2, 0.25) is 5.91 Å². The highest BCUT2D eigenvalue weighted by Gasteiger charge is 2.15. The Labute approximate surface area is 117 Å². The zero-order valence-electron chi connectivity index (χ0n) is 11.0. The quantitative estimate of drug-likeness (QED) is 0.874. The number of nitrogens with one attached hydrogen (secondary N) is 1. The first kappa shape index (κ1) is 12.6. The van der Waals surface area contributed by atoms with Crippen molar-refractivity contribution in [2.45, 2.75) is 6.54 Å². The van der Waals surface area contributed by atoms with Gasteiger partial charge in [-0.3, -0.25) is 9.79 Å². The SMILES string of the molecule is NCc1ccccc1-c1cccc2c1NC(=O)CN=C2. The Morgan fingerprint density at radius 1 is 1.10 bits per heavy atom. The van der Waals surface area contributed by atoms with Crippen LogP contribution < -0.4 is 11.1 Å². The van der Waals surface area contributed by atoms with E-state index in [1.807, 2.05) is 42.5 Å². The van der Waals surface area contributed by atoms with E-state index in [9.17, 15) is 4.79 Å². The van der Waals surface area contributed by atoms with Crippen LogP contribution in [0.2, 0.25) is 0 Å². The molecule has 1 amide bonds. The van der Waals surface area contributed by atoms with Crippen molar-refractivity contribution in [3.8, 4) is 11.1 Å². The molecule has 0 fully saturated rings. The molecule has 4 heteroatoms. The summed E-state index contributed by atoms with van der Waals surface area (Å²) >= 11 is 0. The number of benzene rings is 2. The van der Waals surface area contributed by atoms with Crippen LogP contribution in [-0.2, 0) is 11.3 Å². The smallest absolute Gasteiger partial charge is 0.246 e. The van der Waals surface area contributed by atoms with Gasteiger partial charge in [-0.15, -0.1) is 0 Å². The standard InChI is InChI=1S/C16H15N3O/c17-8-11-4-1-2-6-13(11)14-7-3-5-12-9-18-10-15(20)19-16(12)14/h1-7,9H,8,10,17H2,(H,19,20). The van der Waals surface area contributed by atoms with Gasteiger partial charge in [0, 0.05) is 23.9 Å². The first-order valence-electron chi connectivity index (χ1n) is 6.50. The Hall–Kier alpha value is -2.46. The molecule has 2 aromatic rings. The highest BCUT2D eigenvalue weighted by molar-refractivity contribution is 6.06. The number of hydrogen-bond acceptors (Lipinski definition) is 3. The van der Waals surface area contributed by atoms with E-state index in [4.69, 9.17) is 5.73 Å². The molecule has 0 saturated heterocycles. The van der Waals surface area contributed by atoms with E-state index in [-0.39, 0.29) is 12.5 Å². The first-order chi connectivity index (χ1) is 9.79. The Bertz CT molecular complexity index is 692. The summed E-state index contributed by atoms with van der Waals surface area (Å²) in [5.74, 6) is -0.0994. The van der Waals surface area contributed by atoms with Gasteiger partial charge in [0.15, 0.2) is 0 Å². The minimum absolute atomic E-state index is 0.0994. The zero-order valence-corrected chi connectivity index (χ0v) is 11.0. The lowest BCUT2D eigenvalue weighted by atomic mass is 9.96. The van der Waals surface area contributed by atoms with Gasteiger partial charge in [0.1, 0.15) is 6.54 Å². The summed E-state index contributed by atoms with van der Waals surface area (Å²) in [5, 5.41) is 2.94. The van der Waals surface area contributed by atoms with Crippen molar-refractivity contribution >= 4 is 17.8 Å². The second-order valence-electron chi connectivity index (χ2n) is 4.65. The molecule has 20 heavy (non-hydrogen) atoms. The third-order valence-corrected chi connectivity index (χ3v) is 3.35. The molecule has 4 nitrogen and oxygen atoms in total. The van der Waals surface area contributed by atoms with Crippen molar-refractivity contribution in [1.82, 2.24) is 0 Å². The summed E-state index contributed by atoms with van der Waals surface area (Å²) in [7, 11) is 0. The lowest BCUT2D eigenvalue weighted by Crippen LogP contribution is -2.14. The van der Waals surface area contributed by atoms with E-state index in [0.29, 0.717) is 6.54 Å². The van der Waals surface area contributed by atoms with Crippen LogP contribution in [0.15, 0.2) is 47.5 Å². The van der Waals surface area contributed by atoms with E-state index in [1.54, 1.807) is 6.21 Å². The number of para-hydroxylation sites is 1. The van der Waals surface area contributed by atoms with Crippen LogP contribution >= 0.6 is 0 Å². The van der Waals surface area contributed by atoms with Gasteiger partial charge in [0.25, 0.3) is 0 Å². The van der Waals surface area contributed by atoms with Gasteiger partial charge >= 0.3 is 0 Å². The van der Waals surface area contributed by atoms with E-state index < -0.39 is 0 Å². The lowest BCUT2D eigenvalue weighted by molar-refractivity contribution is -0.114. The predicted octanol–water partition coefficient (Wildman–Crippen LogP) is 2.18. The molecule has 0 radical (unpaired) electrons. The molecule has 3 rings (SSSR count). The van der Waals surface area contributed by atoms with Crippen molar-refractivity contribution in [2.24, 2.45) is 10.7 Å². The van der Waals surface area contributed by atoms with Gasteiger partial charge in [-0.2, -0.15) is 0 Å². The maximum Gasteiger partial charge on any atom is 0.246 e. The number of nitrogens with zero attached hydrogens (tertiary/aromatic N) is 1. The fraction of sp³-hybridized carbons (Fsp3) is 0.125. The molecule has 100 valence electrons. The summed E-state index contributed by atoms with van der Waals surface area (Å²) < 4.78 is 0. The number of carbonyl (C=O) groups excluding carboxylic acids is 1. The first-order valence-corrected chi connectivity index (χ1v) is 6.50. The molecular weight excluding hydrogens is 250 g/mol. The number of carbonyl (C=O) groups is 1. The molecule has 0 bridgehead atoms.